The van der Waals surface area contributed by atoms with Crippen LogP contribution in [-0.2, 0) is 11.2 Å². The summed E-state index contributed by atoms with van der Waals surface area (Å²) in [5.74, 6) is 0.0178. The Labute approximate surface area is 112 Å². The molecule has 5 nitrogen and oxygen atoms in total. The van der Waals surface area contributed by atoms with E-state index in [-0.39, 0.29) is 29.7 Å². The summed E-state index contributed by atoms with van der Waals surface area (Å²) in [7, 11) is 0. The predicted molar refractivity (Wildman–Crippen MR) is 72.4 cm³/mol. The van der Waals surface area contributed by atoms with Gasteiger partial charge < -0.3 is 4.74 Å². The molecule has 1 rings (SSSR count). The van der Waals surface area contributed by atoms with Crippen LogP contribution in [0.25, 0.3) is 0 Å². The lowest BCUT2D eigenvalue weighted by Gasteiger charge is -2.10. The van der Waals surface area contributed by atoms with Crippen molar-refractivity contribution in [1.29, 1.82) is 0 Å². The van der Waals surface area contributed by atoms with E-state index < -0.39 is 4.92 Å². The van der Waals surface area contributed by atoms with Crippen molar-refractivity contribution in [2.24, 2.45) is 5.92 Å². The van der Waals surface area contributed by atoms with Gasteiger partial charge in [-0.05, 0) is 24.5 Å². The van der Waals surface area contributed by atoms with Crippen LogP contribution in [0, 0.1) is 16.0 Å². The second kappa shape index (κ2) is 6.87. The number of nitro groups is 1. The summed E-state index contributed by atoms with van der Waals surface area (Å²) >= 11 is 0. The largest absolute Gasteiger partial charge is 0.479 e. The van der Waals surface area contributed by atoms with Crippen molar-refractivity contribution in [1.82, 2.24) is 0 Å². The quantitative estimate of drug-likeness (QED) is 0.561. The lowest BCUT2D eigenvalue weighted by Crippen LogP contribution is -2.19. The average molecular weight is 265 g/mol. The number of hydrogen-bond donors (Lipinski definition) is 0. The molecule has 0 aliphatic carbocycles. The second-order valence-corrected chi connectivity index (χ2v) is 4.48. The number of hydrogen-bond acceptors (Lipinski definition) is 4. The highest BCUT2D eigenvalue weighted by Gasteiger charge is 2.18. The van der Waals surface area contributed by atoms with E-state index in [0.29, 0.717) is 6.42 Å². The van der Waals surface area contributed by atoms with Crippen molar-refractivity contribution in [3.05, 3.63) is 33.9 Å². The van der Waals surface area contributed by atoms with Gasteiger partial charge in [0.05, 0.1) is 4.92 Å². The van der Waals surface area contributed by atoms with Crippen molar-refractivity contribution in [3.63, 3.8) is 0 Å². The van der Waals surface area contributed by atoms with Crippen LogP contribution in [0.1, 0.15) is 32.8 Å². The number of benzene rings is 1. The summed E-state index contributed by atoms with van der Waals surface area (Å²) in [6.45, 7) is 5.54. The Kier molecular flexibility index (Phi) is 5.48. The molecule has 0 fully saturated rings. The first-order valence-electron chi connectivity index (χ1n) is 6.42. The maximum Gasteiger partial charge on any atom is 0.311 e. The molecular weight excluding hydrogens is 246 g/mol. The van der Waals surface area contributed by atoms with Crippen molar-refractivity contribution >= 4 is 11.5 Å². The van der Waals surface area contributed by atoms with E-state index in [4.69, 9.17) is 4.74 Å². The third-order valence-corrected chi connectivity index (χ3v) is 3.16. The third kappa shape index (κ3) is 4.05. The highest BCUT2D eigenvalue weighted by Crippen LogP contribution is 2.28. The smallest absolute Gasteiger partial charge is 0.311 e. The van der Waals surface area contributed by atoms with Gasteiger partial charge in [0.1, 0.15) is 6.61 Å². The summed E-state index contributed by atoms with van der Waals surface area (Å²) in [5.41, 5.74) is 0.781. The van der Waals surface area contributed by atoms with E-state index in [0.717, 1.165) is 12.0 Å². The zero-order chi connectivity index (χ0) is 14.4. The number of carbonyl (C=O) groups is 1. The van der Waals surface area contributed by atoms with Gasteiger partial charge in [0, 0.05) is 12.0 Å². The van der Waals surface area contributed by atoms with Crippen molar-refractivity contribution in [3.8, 4) is 5.75 Å². The minimum atomic E-state index is -0.484. The molecule has 5 heteroatoms. The minimum Gasteiger partial charge on any atom is -0.479 e. The molecule has 0 amide bonds. The highest BCUT2D eigenvalue weighted by atomic mass is 16.6. The SMILES string of the molecule is CCc1ccc(OCC(=O)C(C)CC)c([N+](=O)[O-])c1. The van der Waals surface area contributed by atoms with Crippen LogP contribution in [0.5, 0.6) is 5.75 Å². The van der Waals surface area contributed by atoms with Gasteiger partial charge in [-0.2, -0.15) is 0 Å². The molecule has 104 valence electrons. The first kappa shape index (κ1) is 15.1. The molecule has 19 heavy (non-hydrogen) atoms. The monoisotopic (exact) mass is 265 g/mol. The maximum atomic E-state index is 11.7. The molecular formula is C14H19NO4. The Balaban J connectivity index is 2.83. The molecule has 0 heterocycles. The number of Topliss-reactive ketones (excluding diaryl/α,β-unsaturated/α-hetero) is 1. The topological polar surface area (TPSA) is 69.4 Å². The highest BCUT2D eigenvalue weighted by molar-refractivity contribution is 5.82. The number of nitrogens with zero attached hydrogens (tertiary/aromatic N) is 1. The van der Waals surface area contributed by atoms with Crippen LogP contribution in [0.2, 0.25) is 0 Å². The van der Waals surface area contributed by atoms with E-state index in [1.807, 2.05) is 20.8 Å². The summed E-state index contributed by atoms with van der Waals surface area (Å²) in [6, 6.07) is 4.82. The van der Waals surface area contributed by atoms with Crippen LogP contribution in [0.4, 0.5) is 5.69 Å². The van der Waals surface area contributed by atoms with E-state index in [9.17, 15) is 14.9 Å². The van der Waals surface area contributed by atoms with E-state index in [1.54, 1.807) is 12.1 Å². The Hall–Kier alpha value is -1.91. The van der Waals surface area contributed by atoms with Crippen LogP contribution >= 0.6 is 0 Å². The van der Waals surface area contributed by atoms with Gasteiger partial charge in [-0.15, -0.1) is 0 Å². The maximum absolute atomic E-state index is 11.7. The minimum absolute atomic E-state index is 0.0450. The zero-order valence-electron chi connectivity index (χ0n) is 11.5. The molecule has 1 aromatic carbocycles. The van der Waals surface area contributed by atoms with Crippen LogP contribution < -0.4 is 4.74 Å². The van der Waals surface area contributed by atoms with Gasteiger partial charge in [0.15, 0.2) is 11.5 Å². The molecule has 0 aromatic heterocycles. The summed E-state index contributed by atoms with van der Waals surface area (Å²) in [5, 5.41) is 11.0. The second-order valence-electron chi connectivity index (χ2n) is 4.48. The fourth-order valence-corrected chi connectivity index (χ4v) is 1.57. The van der Waals surface area contributed by atoms with E-state index >= 15 is 0 Å². The number of ether oxygens (including phenoxy) is 1. The molecule has 1 unspecified atom stereocenters. The Morgan fingerprint density at radius 3 is 2.63 bits per heavy atom. The Bertz CT molecular complexity index is 471. The standard InChI is InChI=1S/C14H19NO4/c1-4-10(3)13(16)9-19-14-7-6-11(5-2)8-12(14)15(17)18/h6-8,10H,4-5,9H2,1-3H3. The molecule has 0 saturated heterocycles. The summed E-state index contributed by atoms with van der Waals surface area (Å²) in [6.07, 6.45) is 1.45. The number of carbonyl (C=O) groups excluding carboxylic acids is 1. The van der Waals surface area contributed by atoms with Gasteiger partial charge in [0.2, 0.25) is 0 Å². The molecule has 1 aromatic rings. The number of aryl methyl sites for hydroxylation is 1. The lowest BCUT2D eigenvalue weighted by molar-refractivity contribution is -0.385. The van der Waals surface area contributed by atoms with Crippen molar-refractivity contribution in [2.75, 3.05) is 6.61 Å². The van der Waals surface area contributed by atoms with Crippen LogP contribution in [0.15, 0.2) is 18.2 Å². The number of rotatable bonds is 7. The molecule has 0 aliphatic rings. The van der Waals surface area contributed by atoms with Gasteiger partial charge in [-0.25, -0.2) is 0 Å². The van der Waals surface area contributed by atoms with Crippen molar-refractivity contribution in [2.45, 2.75) is 33.6 Å². The number of ketones is 1. The van der Waals surface area contributed by atoms with Gasteiger partial charge in [0.25, 0.3) is 0 Å². The molecule has 1 atom stereocenters. The normalized spacial score (nSPS) is 11.9. The van der Waals surface area contributed by atoms with Gasteiger partial charge in [-0.1, -0.05) is 26.8 Å². The third-order valence-electron chi connectivity index (χ3n) is 3.16. The zero-order valence-corrected chi connectivity index (χ0v) is 11.5. The molecule has 0 N–H and O–H groups in total. The first-order chi connectivity index (χ1) is 8.99. The van der Waals surface area contributed by atoms with Crippen LogP contribution in [0.3, 0.4) is 0 Å². The molecule has 0 spiro atoms. The van der Waals surface area contributed by atoms with Crippen LogP contribution in [-0.4, -0.2) is 17.3 Å². The first-order valence-corrected chi connectivity index (χ1v) is 6.42. The molecule has 0 aliphatic heterocycles. The fourth-order valence-electron chi connectivity index (χ4n) is 1.57. The molecule has 0 radical (unpaired) electrons. The van der Waals surface area contributed by atoms with E-state index in [1.165, 1.54) is 6.07 Å². The average Bonchev–Trinajstić information content (AvgIpc) is 2.43. The lowest BCUT2D eigenvalue weighted by atomic mass is 10.0. The van der Waals surface area contributed by atoms with E-state index in [2.05, 4.69) is 0 Å². The fraction of sp³-hybridized carbons (Fsp3) is 0.500. The Morgan fingerprint density at radius 2 is 2.11 bits per heavy atom. The summed E-state index contributed by atoms with van der Waals surface area (Å²) < 4.78 is 5.29. The Morgan fingerprint density at radius 1 is 1.42 bits per heavy atom. The summed E-state index contributed by atoms with van der Waals surface area (Å²) in [4.78, 5) is 22.1. The number of nitro benzene ring substituents is 1. The van der Waals surface area contributed by atoms with Gasteiger partial charge >= 0.3 is 5.69 Å². The molecule has 0 bridgehead atoms. The molecule has 0 saturated carbocycles. The van der Waals surface area contributed by atoms with Gasteiger partial charge in [-0.3, -0.25) is 14.9 Å². The predicted octanol–water partition coefficient (Wildman–Crippen LogP) is 3.15. The van der Waals surface area contributed by atoms with Crippen molar-refractivity contribution < 1.29 is 14.5 Å².